The molecule has 1 saturated carbocycles. The van der Waals surface area contributed by atoms with Gasteiger partial charge in [0, 0.05) is 0 Å². The van der Waals surface area contributed by atoms with Crippen molar-refractivity contribution >= 4 is 13.9 Å². The molecule has 1 aromatic carbocycles. The Morgan fingerprint density at radius 2 is 1.92 bits per heavy atom. The van der Waals surface area contributed by atoms with E-state index in [1.807, 2.05) is 18.3 Å². The minimum atomic E-state index is -4.55. The van der Waals surface area contributed by atoms with Crippen LogP contribution >= 0.6 is 8.17 Å². The van der Waals surface area contributed by atoms with E-state index in [4.69, 9.17) is 4.52 Å². The minimum absolute atomic E-state index is 0.126. The van der Waals surface area contributed by atoms with Gasteiger partial charge in [-0.2, -0.15) is 0 Å². The van der Waals surface area contributed by atoms with Crippen LogP contribution in [0.3, 0.4) is 0 Å². The number of hydrogen-bond donors (Lipinski definition) is 4. The summed E-state index contributed by atoms with van der Waals surface area (Å²) in [7, 11) is -4.55. The molecule has 1 fully saturated rings. The van der Waals surface area contributed by atoms with E-state index in [0.29, 0.717) is 6.42 Å². The molecule has 6 nitrogen and oxygen atoms in total. The van der Waals surface area contributed by atoms with E-state index in [2.05, 4.69) is 22.3 Å². The summed E-state index contributed by atoms with van der Waals surface area (Å²) in [6.45, 7) is 0.742. The predicted molar refractivity (Wildman–Crippen MR) is 98.0 cm³/mol. The van der Waals surface area contributed by atoms with E-state index >= 15 is 0 Å². The zero-order valence-corrected chi connectivity index (χ0v) is 15.3. The Morgan fingerprint density at radius 1 is 1.16 bits per heavy atom. The molecule has 0 radical (unpaired) electrons. The molecule has 0 bridgehead atoms. The maximum absolute atomic E-state index is 9.57. The first-order valence-electron chi connectivity index (χ1n) is 9.17. The van der Waals surface area contributed by atoms with Crippen LogP contribution in [0.5, 0.6) is 0 Å². The molecule has 0 spiro atoms. The second kappa shape index (κ2) is 6.86. The summed E-state index contributed by atoms with van der Waals surface area (Å²) in [6, 6.07) is 8.47. The molecular formula is C18H27N2O4P. The summed E-state index contributed by atoms with van der Waals surface area (Å²) in [5.41, 5.74) is 3.66. The summed E-state index contributed by atoms with van der Waals surface area (Å²) < 4.78 is 5.44. The zero-order chi connectivity index (χ0) is 17.4. The third kappa shape index (κ3) is 3.55. The number of fused-ring (bicyclic) bond motifs is 3. The molecule has 7 heteroatoms. The van der Waals surface area contributed by atoms with Crippen molar-refractivity contribution in [2.75, 3.05) is 6.67 Å². The van der Waals surface area contributed by atoms with E-state index in [-0.39, 0.29) is 18.1 Å². The molecule has 25 heavy (non-hydrogen) atoms. The molecule has 2 heterocycles. The van der Waals surface area contributed by atoms with Gasteiger partial charge in [-0.25, -0.2) is 0 Å². The Balaban J connectivity index is 1.60. The van der Waals surface area contributed by atoms with Crippen molar-refractivity contribution in [2.24, 2.45) is 5.92 Å². The number of benzene rings is 1. The second-order valence-electron chi connectivity index (χ2n) is 7.33. The van der Waals surface area contributed by atoms with Crippen LogP contribution in [-0.4, -0.2) is 32.4 Å². The van der Waals surface area contributed by atoms with Crippen molar-refractivity contribution in [3.8, 4) is 0 Å². The fourth-order valence-corrected chi connectivity index (χ4v) is 5.32. The summed E-state index contributed by atoms with van der Waals surface area (Å²) in [4.78, 5) is 31.0. The number of hydrogen-bond acceptors (Lipinski definition) is 6. The van der Waals surface area contributed by atoms with Gasteiger partial charge >= 0.3 is 148 Å². The van der Waals surface area contributed by atoms with Gasteiger partial charge < -0.3 is 0 Å². The molecule has 138 valence electrons. The molecule has 1 aliphatic carbocycles. The Labute approximate surface area is 148 Å². The van der Waals surface area contributed by atoms with Crippen LogP contribution in [0.4, 0.5) is 0 Å². The van der Waals surface area contributed by atoms with Crippen molar-refractivity contribution in [1.29, 1.82) is 0 Å². The second-order valence-corrected chi connectivity index (χ2v) is 8.71. The van der Waals surface area contributed by atoms with Gasteiger partial charge in [-0.1, -0.05) is 0 Å². The predicted octanol–water partition coefficient (Wildman–Crippen LogP) is 2.64. The topological polar surface area (TPSA) is 85.2 Å². The molecule has 2 aliphatic heterocycles. The van der Waals surface area contributed by atoms with E-state index < -0.39 is 8.17 Å². The standard InChI is InChI=1S/C18H27N2O4P/c21-25(22,23)24-18(13-6-2-1-3-7-13)10-16-14-8-4-5-9-15(14)17-11-19-12-20(16)17/h4-5,8-9,11,13,16,18-19,21-23,25H,1-3,6-7,10,12H2. The third-order valence-corrected chi connectivity index (χ3v) is 6.34. The van der Waals surface area contributed by atoms with Crippen molar-refractivity contribution < 1.29 is 19.2 Å². The Morgan fingerprint density at radius 3 is 2.68 bits per heavy atom. The molecule has 1 aromatic rings. The van der Waals surface area contributed by atoms with Crippen molar-refractivity contribution in [2.45, 2.75) is 50.7 Å². The van der Waals surface area contributed by atoms with Crippen molar-refractivity contribution in [1.82, 2.24) is 10.2 Å². The Bertz CT molecular complexity index is 655. The molecular weight excluding hydrogens is 339 g/mol. The van der Waals surface area contributed by atoms with E-state index in [1.165, 1.54) is 23.2 Å². The number of nitrogens with zero attached hydrogens (tertiary/aromatic N) is 1. The summed E-state index contributed by atoms with van der Waals surface area (Å²) in [6.07, 6.45) is 7.88. The van der Waals surface area contributed by atoms with E-state index in [1.54, 1.807) is 0 Å². The van der Waals surface area contributed by atoms with Gasteiger partial charge in [-0.3, -0.25) is 0 Å². The first-order chi connectivity index (χ1) is 12.0. The molecule has 0 amide bonds. The quantitative estimate of drug-likeness (QED) is 0.600. The molecule has 3 aliphatic rings. The maximum atomic E-state index is 9.57. The van der Waals surface area contributed by atoms with E-state index in [9.17, 15) is 14.7 Å². The van der Waals surface area contributed by atoms with Gasteiger partial charge in [0.1, 0.15) is 0 Å². The fourth-order valence-electron chi connectivity index (χ4n) is 4.63. The van der Waals surface area contributed by atoms with Crippen LogP contribution in [0.1, 0.15) is 55.7 Å². The van der Waals surface area contributed by atoms with Gasteiger partial charge in [0.15, 0.2) is 0 Å². The van der Waals surface area contributed by atoms with Gasteiger partial charge in [0.25, 0.3) is 0 Å². The van der Waals surface area contributed by atoms with Crippen molar-refractivity contribution in [3.63, 3.8) is 0 Å². The van der Waals surface area contributed by atoms with Crippen LogP contribution in [0.25, 0.3) is 5.70 Å². The zero-order valence-electron chi connectivity index (χ0n) is 14.3. The van der Waals surface area contributed by atoms with Crippen LogP contribution < -0.4 is 5.32 Å². The number of nitrogens with one attached hydrogen (secondary N) is 1. The summed E-state index contributed by atoms with van der Waals surface area (Å²) in [5, 5.41) is 3.28. The van der Waals surface area contributed by atoms with Crippen LogP contribution in [0.2, 0.25) is 0 Å². The van der Waals surface area contributed by atoms with E-state index in [0.717, 1.165) is 32.4 Å². The average molecular weight is 366 g/mol. The van der Waals surface area contributed by atoms with Gasteiger partial charge in [0.2, 0.25) is 0 Å². The number of rotatable bonds is 5. The molecule has 0 saturated heterocycles. The van der Waals surface area contributed by atoms with Crippen LogP contribution in [0.15, 0.2) is 30.5 Å². The van der Waals surface area contributed by atoms with Gasteiger partial charge in [-0.15, -0.1) is 0 Å². The van der Waals surface area contributed by atoms with Crippen molar-refractivity contribution in [3.05, 3.63) is 41.6 Å². The van der Waals surface area contributed by atoms with Gasteiger partial charge in [-0.05, 0) is 0 Å². The van der Waals surface area contributed by atoms with Crippen LogP contribution in [0, 0.1) is 5.92 Å². The average Bonchev–Trinajstić information content (AvgIpc) is 3.17. The summed E-state index contributed by atoms with van der Waals surface area (Å²) in [5.74, 6) is 0.267. The monoisotopic (exact) mass is 366 g/mol. The molecule has 0 aromatic heterocycles. The Hall–Kier alpha value is -1.17. The van der Waals surface area contributed by atoms with Gasteiger partial charge in [0.05, 0.1) is 0 Å². The molecule has 4 rings (SSSR count). The first kappa shape index (κ1) is 17.3. The SMILES string of the molecule is O[PH](O)(O)OC(CC1c2ccccc2C2=CNCN21)C1CCCCC1. The third-order valence-electron chi connectivity index (χ3n) is 5.72. The Kier molecular flexibility index (Phi) is 4.73. The molecule has 2 unspecified atom stereocenters. The first-order valence-corrected chi connectivity index (χ1v) is 10.9. The molecule has 4 N–H and O–H groups in total. The fraction of sp³-hybridized carbons (Fsp3) is 0.556. The summed E-state index contributed by atoms with van der Waals surface area (Å²) >= 11 is 0. The normalized spacial score (nSPS) is 25.2. The van der Waals surface area contributed by atoms with Crippen LogP contribution in [-0.2, 0) is 4.52 Å². The molecule has 2 atom stereocenters.